The number of nitrogens with zero attached hydrogens (tertiary/aromatic N) is 4. The number of amides is 1. The second-order valence-corrected chi connectivity index (χ2v) is 12.9. The molecule has 0 unspecified atom stereocenters. The second-order valence-electron chi connectivity index (χ2n) is 11.3. The third-order valence-corrected chi connectivity index (χ3v) is 10.0. The van der Waals surface area contributed by atoms with E-state index in [1.54, 1.807) is 39.2 Å². The van der Waals surface area contributed by atoms with E-state index in [9.17, 15) is 13.2 Å². The zero-order valence-corrected chi connectivity index (χ0v) is 24.8. The molecule has 2 aliphatic rings. The van der Waals surface area contributed by atoms with Gasteiger partial charge in [-0.15, -0.1) is 0 Å². The number of aromatic nitrogens is 1. The van der Waals surface area contributed by atoms with Crippen LogP contribution < -0.4 is 9.46 Å². The van der Waals surface area contributed by atoms with Crippen LogP contribution >= 0.6 is 0 Å². The number of piperazine rings is 1. The first-order valence-electron chi connectivity index (χ1n) is 14.1. The summed E-state index contributed by atoms with van der Waals surface area (Å²) in [5.74, 6) is 1.42. The Morgan fingerprint density at radius 1 is 1.00 bits per heavy atom. The molecule has 1 aromatic heterocycles. The van der Waals surface area contributed by atoms with Crippen molar-refractivity contribution in [1.29, 1.82) is 0 Å². The highest BCUT2D eigenvalue weighted by Crippen LogP contribution is 2.31. The first kappa shape index (κ1) is 28.4. The van der Waals surface area contributed by atoms with Gasteiger partial charge in [-0.05, 0) is 88.1 Å². The van der Waals surface area contributed by atoms with Gasteiger partial charge in [0, 0.05) is 44.3 Å². The highest BCUT2D eigenvalue weighted by molar-refractivity contribution is 7.92. The van der Waals surface area contributed by atoms with Gasteiger partial charge in [-0.2, -0.15) is 0 Å². The lowest BCUT2D eigenvalue weighted by molar-refractivity contribution is -0.133. The van der Waals surface area contributed by atoms with Crippen molar-refractivity contribution in [3.8, 4) is 5.75 Å². The molecule has 2 fully saturated rings. The normalized spacial score (nSPS) is 17.9. The van der Waals surface area contributed by atoms with Crippen LogP contribution in [0.1, 0.15) is 24.0 Å². The molecule has 0 radical (unpaired) electrons. The first-order chi connectivity index (χ1) is 19.1. The van der Waals surface area contributed by atoms with Crippen LogP contribution in [0.3, 0.4) is 0 Å². The fourth-order valence-corrected chi connectivity index (χ4v) is 7.68. The Labute approximate surface area is 237 Å². The molecule has 3 aromatic rings. The lowest BCUT2D eigenvalue weighted by Gasteiger charge is -2.38. The van der Waals surface area contributed by atoms with Crippen LogP contribution in [-0.4, -0.2) is 93.6 Å². The van der Waals surface area contributed by atoms with Crippen molar-refractivity contribution < 1.29 is 17.9 Å². The summed E-state index contributed by atoms with van der Waals surface area (Å²) in [4.78, 5) is 20.4. The molecule has 0 bridgehead atoms. The summed E-state index contributed by atoms with van der Waals surface area (Å²) in [6, 6.07) is 10.9. The molecule has 40 heavy (non-hydrogen) atoms. The average molecular weight is 568 g/mol. The van der Waals surface area contributed by atoms with E-state index in [1.807, 2.05) is 33.9 Å². The van der Waals surface area contributed by atoms with E-state index >= 15 is 0 Å². The quantitative estimate of drug-likeness (QED) is 0.448. The summed E-state index contributed by atoms with van der Waals surface area (Å²) in [6.45, 7) is 10.4. The van der Waals surface area contributed by atoms with E-state index in [0.29, 0.717) is 28.1 Å². The third-order valence-electron chi connectivity index (χ3n) is 8.36. The predicted molar refractivity (Wildman–Crippen MR) is 158 cm³/mol. The molecular weight excluding hydrogens is 526 g/mol. The average Bonchev–Trinajstić information content (AvgIpc) is 3.33. The fraction of sp³-hybridized carbons (Fsp3) is 0.500. The first-order valence-corrected chi connectivity index (χ1v) is 15.6. The van der Waals surface area contributed by atoms with Crippen LogP contribution in [0, 0.1) is 19.8 Å². The summed E-state index contributed by atoms with van der Waals surface area (Å²) < 4.78 is 37.0. The molecule has 2 aliphatic heterocycles. The number of carbonyl (C=O) groups excluding carboxylic acids is 1. The summed E-state index contributed by atoms with van der Waals surface area (Å²) in [6.07, 6.45) is 4.36. The molecule has 2 aromatic carbocycles. The van der Waals surface area contributed by atoms with E-state index in [2.05, 4.69) is 21.6 Å². The number of ether oxygens (including phenoxy) is 1. The minimum absolute atomic E-state index is 0.0518. The molecule has 2 saturated heterocycles. The number of carbonyl (C=O) groups is 1. The Hall–Kier alpha value is -3.08. The van der Waals surface area contributed by atoms with Gasteiger partial charge in [0.1, 0.15) is 12.3 Å². The van der Waals surface area contributed by atoms with E-state index in [-0.39, 0.29) is 17.3 Å². The molecular formula is C30H41N5O4S. The van der Waals surface area contributed by atoms with Crippen molar-refractivity contribution in [1.82, 2.24) is 19.3 Å². The topological polar surface area (TPSA) is 87.1 Å². The van der Waals surface area contributed by atoms with Crippen molar-refractivity contribution in [2.24, 2.45) is 5.92 Å². The lowest BCUT2D eigenvalue weighted by atomic mass is 9.96. The second kappa shape index (κ2) is 11.8. The number of benzene rings is 2. The Bertz CT molecular complexity index is 1450. The standard InChI is InChI=1S/C30H41N5O4S/c1-22-18-26(39-4)19-23(2)30(22)40(37,38)31-27-7-5-6-25-10-13-35(29(25)27)21-28(36)34-16-14-33(15-17-34)20-24-8-11-32(3)12-9-24/h5-7,10,13,18-19,24,31H,8-9,11-12,14-17,20-21H2,1-4H3. The summed E-state index contributed by atoms with van der Waals surface area (Å²) in [7, 11) is -0.126. The number of methoxy groups -OCH3 is 1. The van der Waals surface area contributed by atoms with E-state index < -0.39 is 10.0 Å². The number of nitrogens with one attached hydrogen (secondary N) is 1. The van der Waals surface area contributed by atoms with Crippen LogP contribution in [0.25, 0.3) is 10.9 Å². The zero-order valence-electron chi connectivity index (χ0n) is 24.0. The van der Waals surface area contributed by atoms with Gasteiger partial charge in [0.2, 0.25) is 5.91 Å². The molecule has 0 atom stereocenters. The molecule has 9 nitrogen and oxygen atoms in total. The number of sulfonamides is 1. The summed E-state index contributed by atoms with van der Waals surface area (Å²) in [5.41, 5.74) is 2.37. The number of hydrogen-bond acceptors (Lipinski definition) is 6. The fourth-order valence-electron chi connectivity index (χ4n) is 6.16. The number of likely N-dealkylation sites (tertiary alicyclic amines) is 1. The van der Waals surface area contributed by atoms with E-state index in [0.717, 1.165) is 44.0 Å². The highest BCUT2D eigenvalue weighted by atomic mass is 32.2. The largest absolute Gasteiger partial charge is 0.497 e. The van der Waals surface area contributed by atoms with Crippen LogP contribution in [-0.2, 0) is 21.4 Å². The van der Waals surface area contributed by atoms with Crippen LogP contribution in [0.2, 0.25) is 0 Å². The minimum Gasteiger partial charge on any atom is -0.497 e. The Morgan fingerprint density at radius 2 is 1.68 bits per heavy atom. The number of hydrogen-bond donors (Lipinski definition) is 1. The number of aryl methyl sites for hydroxylation is 2. The maximum absolute atomic E-state index is 13.5. The van der Waals surface area contributed by atoms with Crippen LogP contribution in [0.5, 0.6) is 5.75 Å². The molecule has 5 rings (SSSR count). The van der Waals surface area contributed by atoms with Crippen molar-refractivity contribution in [2.45, 2.75) is 38.1 Å². The molecule has 1 N–H and O–H groups in total. The van der Waals surface area contributed by atoms with Gasteiger partial charge in [0.05, 0.1) is 23.2 Å². The minimum atomic E-state index is -3.88. The SMILES string of the molecule is COc1cc(C)c(S(=O)(=O)Nc2cccc3ccn(CC(=O)N4CCN(CC5CCN(C)CC5)CC4)c23)c(C)c1. The number of piperidine rings is 1. The van der Waals surface area contributed by atoms with Crippen LogP contribution in [0.15, 0.2) is 47.5 Å². The van der Waals surface area contributed by atoms with Crippen molar-refractivity contribution in [2.75, 3.05) is 64.7 Å². The van der Waals surface area contributed by atoms with Gasteiger partial charge in [-0.1, -0.05) is 12.1 Å². The molecule has 0 spiro atoms. The summed E-state index contributed by atoms with van der Waals surface area (Å²) >= 11 is 0. The Morgan fingerprint density at radius 3 is 2.33 bits per heavy atom. The predicted octanol–water partition coefficient (Wildman–Crippen LogP) is 3.55. The van der Waals surface area contributed by atoms with Gasteiger partial charge in [0.15, 0.2) is 0 Å². The van der Waals surface area contributed by atoms with Crippen molar-refractivity contribution in [3.05, 3.63) is 53.7 Å². The smallest absolute Gasteiger partial charge is 0.262 e. The maximum Gasteiger partial charge on any atom is 0.262 e. The summed E-state index contributed by atoms with van der Waals surface area (Å²) in [5, 5.41) is 0.874. The van der Waals surface area contributed by atoms with Gasteiger partial charge < -0.3 is 19.1 Å². The maximum atomic E-state index is 13.5. The van der Waals surface area contributed by atoms with Gasteiger partial charge in [0.25, 0.3) is 10.0 Å². The molecule has 3 heterocycles. The molecule has 216 valence electrons. The lowest BCUT2D eigenvalue weighted by Crippen LogP contribution is -2.51. The van der Waals surface area contributed by atoms with Gasteiger partial charge in [-0.3, -0.25) is 14.4 Å². The number of para-hydroxylation sites is 1. The van der Waals surface area contributed by atoms with E-state index in [4.69, 9.17) is 4.74 Å². The van der Waals surface area contributed by atoms with Crippen LogP contribution in [0.4, 0.5) is 5.69 Å². The number of rotatable bonds is 8. The number of anilines is 1. The Kier molecular flexibility index (Phi) is 8.39. The molecule has 0 saturated carbocycles. The Balaban J connectivity index is 1.27. The van der Waals surface area contributed by atoms with Gasteiger partial charge >= 0.3 is 0 Å². The number of fused-ring (bicyclic) bond motifs is 1. The van der Waals surface area contributed by atoms with Crippen molar-refractivity contribution >= 4 is 32.5 Å². The molecule has 1 amide bonds. The molecule has 10 heteroatoms. The zero-order chi connectivity index (χ0) is 28.4. The van der Waals surface area contributed by atoms with E-state index in [1.165, 1.54) is 25.9 Å². The van der Waals surface area contributed by atoms with Crippen molar-refractivity contribution in [3.63, 3.8) is 0 Å². The highest BCUT2D eigenvalue weighted by Gasteiger charge is 2.26. The molecule has 0 aliphatic carbocycles. The third kappa shape index (κ3) is 6.14. The van der Waals surface area contributed by atoms with Gasteiger partial charge in [-0.25, -0.2) is 8.42 Å². The monoisotopic (exact) mass is 567 g/mol.